The summed E-state index contributed by atoms with van der Waals surface area (Å²) in [5.41, 5.74) is 2.42. The number of nitrogens with two attached hydrogens (primary N) is 1. The van der Waals surface area contributed by atoms with E-state index in [2.05, 4.69) is 17.3 Å². The van der Waals surface area contributed by atoms with Crippen LogP contribution in [-0.2, 0) is 4.79 Å². The molecule has 0 aliphatic rings. The van der Waals surface area contributed by atoms with Crippen molar-refractivity contribution >= 4 is 11.7 Å². The highest BCUT2D eigenvalue weighted by atomic mass is 16.5. The Labute approximate surface area is 107 Å². The molecule has 0 aliphatic carbocycles. The average Bonchev–Trinajstić information content (AvgIpc) is 2.42. The van der Waals surface area contributed by atoms with Crippen molar-refractivity contribution in [1.82, 2.24) is 9.88 Å². The summed E-state index contributed by atoms with van der Waals surface area (Å²) in [7, 11) is 1.77. The maximum absolute atomic E-state index is 11.8. The molecule has 0 saturated carbocycles. The topological polar surface area (TPSA) is 80.5 Å². The van der Waals surface area contributed by atoms with E-state index < -0.39 is 0 Å². The molecule has 6 heteroatoms. The predicted molar refractivity (Wildman–Crippen MR) is 70.1 cm³/mol. The summed E-state index contributed by atoms with van der Waals surface area (Å²) in [6.45, 7) is 2.82. The Bertz CT molecular complexity index is 384. The third-order valence-electron chi connectivity index (χ3n) is 2.53. The van der Waals surface area contributed by atoms with Gasteiger partial charge >= 0.3 is 0 Å². The Morgan fingerprint density at radius 1 is 1.61 bits per heavy atom. The van der Waals surface area contributed by atoms with Crippen LogP contribution in [0.15, 0.2) is 18.3 Å². The first-order valence-corrected chi connectivity index (χ1v) is 5.97. The lowest BCUT2D eigenvalue weighted by Crippen LogP contribution is -2.32. The zero-order valence-corrected chi connectivity index (χ0v) is 10.8. The van der Waals surface area contributed by atoms with Crippen LogP contribution in [0.2, 0.25) is 0 Å². The third kappa shape index (κ3) is 4.21. The highest BCUT2D eigenvalue weighted by molar-refractivity contribution is 5.77. The summed E-state index contributed by atoms with van der Waals surface area (Å²) in [6, 6.07) is 3.43. The molecule has 1 amide bonds. The molecule has 0 aliphatic heterocycles. The molecule has 0 radical (unpaired) electrons. The Kier molecular flexibility index (Phi) is 5.93. The van der Waals surface area contributed by atoms with Crippen LogP contribution < -0.4 is 16.0 Å². The molecule has 6 nitrogen and oxygen atoms in total. The number of nitrogens with zero attached hydrogens (tertiary/aromatic N) is 2. The fourth-order valence-electron chi connectivity index (χ4n) is 1.39. The normalized spacial score (nSPS) is 9.94. The molecule has 1 rings (SSSR count). The van der Waals surface area contributed by atoms with Crippen LogP contribution in [0.1, 0.15) is 19.8 Å². The van der Waals surface area contributed by atoms with Crippen LogP contribution in [0.3, 0.4) is 0 Å². The van der Waals surface area contributed by atoms with Gasteiger partial charge in [-0.05, 0) is 18.6 Å². The quantitative estimate of drug-likeness (QED) is 0.559. The van der Waals surface area contributed by atoms with Crippen molar-refractivity contribution in [2.75, 3.05) is 25.6 Å². The summed E-state index contributed by atoms with van der Waals surface area (Å²) >= 11 is 0. The van der Waals surface area contributed by atoms with Gasteiger partial charge in [0.05, 0.1) is 0 Å². The predicted octanol–water partition coefficient (Wildman–Crippen LogP) is 1.00. The number of hydrazine groups is 1. The molecule has 18 heavy (non-hydrogen) atoms. The Morgan fingerprint density at radius 2 is 2.39 bits per heavy atom. The van der Waals surface area contributed by atoms with Gasteiger partial charge in [0, 0.05) is 19.8 Å². The van der Waals surface area contributed by atoms with E-state index in [9.17, 15) is 4.79 Å². The molecular weight excluding hydrogens is 232 g/mol. The van der Waals surface area contributed by atoms with Crippen molar-refractivity contribution in [3.05, 3.63) is 18.3 Å². The molecule has 0 fully saturated rings. The minimum absolute atomic E-state index is 0.0133. The second-order valence-corrected chi connectivity index (χ2v) is 3.95. The van der Waals surface area contributed by atoms with E-state index in [0.717, 1.165) is 19.4 Å². The molecule has 1 aromatic heterocycles. The number of amides is 1. The van der Waals surface area contributed by atoms with E-state index in [1.54, 1.807) is 30.3 Å². The number of anilines is 1. The van der Waals surface area contributed by atoms with Gasteiger partial charge in [-0.1, -0.05) is 13.3 Å². The first-order chi connectivity index (χ1) is 8.69. The van der Waals surface area contributed by atoms with E-state index in [0.29, 0.717) is 11.6 Å². The van der Waals surface area contributed by atoms with E-state index in [1.807, 2.05) is 0 Å². The second-order valence-electron chi connectivity index (χ2n) is 3.95. The number of ether oxygens (including phenoxy) is 1. The zero-order chi connectivity index (χ0) is 13.4. The standard InChI is InChI=1S/C12H20N4O2/c1-3-4-8-16(2)11(17)9-18-10-6-5-7-14-12(10)15-13/h5-7H,3-4,8-9,13H2,1-2H3,(H,14,15). The molecule has 0 atom stereocenters. The summed E-state index contributed by atoms with van der Waals surface area (Å²) in [5, 5.41) is 0. The van der Waals surface area contributed by atoms with Crippen LogP contribution in [-0.4, -0.2) is 36.0 Å². The number of nitrogens with one attached hydrogen (secondary N) is 1. The van der Waals surface area contributed by atoms with Crippen molar-refractivity contribution in [3.63, 3.8) is 0 Å². The molecule has 1 heterocycles. The monoisotopic (exact) mass is 252 g/mol. The lowest BCUT2D eigenvalue weighted by Gasteiger charge is -2.17. The Morgan fingerprint density at radius 3 is 3.06 bits per heavy atom. The van der Waals surface area contributed by atoms with Gasteiger partial charge in [-0.3, -0.25) is 4.79 Å². The number of hydrogen-bond acceptors (Lipinski definition) is 5. The number of carbonyl (C=O) groups is 1. The van der Waals surface area contributed by atoms with E-state index in [-0.39, 0.29) is 12.5 Å². The summed E-state index contributed by atoms with van der Waals surface area (Å²) in [5.74, 6) is 6.12. The van der Waals surface area contributed by atoms with Crippen LogP contribution >= 0.6 is 0 Å². The zero-order valence-electron chi connectivity index (χ0n) is 10.8. The Balaban J connectivity index is 2.46. The summed E-state index contributed by atoms with van der Waals surface area (Å²) in [4.78, 5) is 17.4. The van der Waals surface area contributed by atoms with Gasteiger partial charge in [-0.25, -0.2) is 10.8 Å². The molecular formula is C12H20N4O2. The number of nitrogen functional groups attached to an aromatic ring is 1. The van der Waals surface area contributed by atoms with Crippen molar-refractivity contribution < 1.29 is 9.53 Å². The van der Waals surface area contributed by atoms with Crippen LogP contribution in [0, 0.1) is 0 Å². The molecule has 0 spiro atoms. The summed E-state index contributed by atoms with van der Waals surface area (Å²) in [6.07, 6.45) is 3.64. The van der Waals surface area contributed by atoms with Gasteiger partial charge in [0.2, 0.25) is 0 Å². The van der Waals surface area contributed by atoms with Gasteiger partial charge in [0.25, 0.3) is 5.91 Å². The highest BCUT2D eigenvalue weighted by Gasteiger charge is 2.10. The van der Waals surface area contributed by atoms with Crippen molar-refractivity contribution in [1.29, 1.82) is 0 Å². The van der Waals surface area contributed by atoms with Crippen LogP contribution in [0.25, 0.3) is 0 Å². The maximum atomic E-state index is 11.8. The first-order valence-electron chi connectivity index (χ1n) is 5.97. The first kappa shape index (κ1) is 14.2. The van der Waals surface area contributed by atoms with Gasteiger partial charge in [-0.15, -0.1) is 0 Å². The van der Waals surface area contributed by atoms with Gasteiger partial charge in [0.1, 0.15) is 0 Å². The van der Waals surface area contributed by atoms with Crippen LogP contribution in [0.4, 0.5) is 5.82 Å². The summed E-state index contributed by atoms with van der Waals surface area (Å²) < 4.78 is 5.39. The lowest BCUT2D eigenvalue weighted by molar-refractivity contribution is -0.132. The van der Waals surface area contributed by atoms with Gasteiger partial charge in [0.15, 0.2) is 18.2 Å². The Hall–Kier alpha value is -1.82. The molecule has 0 unspecified atom stereocenters. The number of rotatable bonds is 7. The largest absolute Gasteiger partial charge is 0.480 e. The van der Waals surface area contributed by atoms with Crippen molar-refractivity contribution in [2.24, 2.45) is 5.84 Å². The fraction of sp³-hybridized carbons (Fsp3) is 0.500. The number of likely N-dealkylation sites (N-methyl/N-ethyl adjacent to an activating group) is 1. The van der Waals surface area contributed by atoms with Gasteiger partial charge in [-0.2, -0.15) is 0 Å². The minimum Gasteiger partial charge on any atom is -0.480 e. The molecule has 100 valence electrons. The molecule has 0 bridgehead atoms. The highest BCUT2D eigenvalue weighted by Crippen LogP contribution is 2.19. The van der Waals surface area contributed by atoms with Crippen LogP contribution in [0.5, 0.6) is 5.75 Å². The molecule has 1 aromatic rings. The SMILES string of the molecule is CCCCN(C)C(=O)COc1cccnc1NN. The number of aromatic nitrogens is 1. The van der Waals surface area contributed by atoms with E-state index in [1.165, 1.54) is 0 Å². The molecule has 0 saturated heterocycles. The van der Waals surface area contributed by atoms with E-state index >= 15 is 0 Å². The van der Waals surface area contributed by atoms with Crippen molar-refractivity contribution in [3.8, 4) is 5.75 Å². The third-order valence-corrected chi connectivity index (χ3v) is 2.53. The maximum Gasteiger partial charge on any atom is 0.260 e. The number of hydrogen-bond donors (Lipinski definition) is 2. The van der Waals surface area contributed by atoms with E-state index in [4.69, 9.17) is 10.6 Å². The molecule has 0 aromatic carbocycles. The lowest BCUT2D eigenvalue weighted by atomic mass is 10.3. The van der Waals surface area contributed by atoms with Gasteiger partial charge < -0.3 is 15.1 Å². The second kappa shape index (κ2) is 7.50. The number of unbranched alkanes of at least 4 members (excludes halogenated alkanes) is 1. The van der Waals surface area contributed by atoms with Crippen molar-refractivity contribution in [2.45, 2.75) is 19.8 Å². The number of pyridine rings is 1. The minimum atomic E-state index is -0.0599. The average molecular weight is 252 g/mol. The smallest absolute Gasteiger partial charge is 0.260 e. The fourth-order valence-corrected chi connectivity index (χ4v) is 1.39. The number of carbonyl (C=O) groups excluding carboxylic acids is 1. The molecule has 3 N–H and O–H groups in total.